The van der Waals surface area contributed by atoms with Crippen molar-refractivity contribution in [3.05, 3.63) is 58.2 Å². The van der Waals surface area contributed by atoms with E-state index in [0.29, 0.717) is 5.17 Å². The molecule has 1 saturated heterocycles. The SMILES string of the molecule is CN1C(=O)[C@H](CC(=O)Nc2ccccc2)SC1=Nc1ccc(I)cc1. The Labute approximate surface area is 164 Å². The summed E-state index contributed by atoms with van der Waals surface area (Å²) in [6, 6.07) is 17.0. The lowest BCUT2D eigenvalue weighted by Gasteiger charge is -2.09. The van der Waals surface area contributed by atoms with E-state index in [1.807, 2.05) is 54.6 Å². The first-order chi connectivity index (χ1) is 12.0. The molecule has 1 fully saturated rings. The minimum atomic E-state index is -0.448. The molecule has 2 aromatic rings. The van der Waals surface area contributed by atoms with Crippen LogP contribution < -0.4 is 5.32 Å². The summed E-state index contributed by atoms with van der Waals surface area (Å²) in [7, 11) is 1.69. The number of carbonyl (C=O) groups is 2. The molecule has 0 aromatic heterocycles. The van der Waals surface area contributed by atoms with Crippen LogP contribution in [0.1, 0.15) is 6.42 Å². The molecule has 1 aliphatic rings. The Morgan fingerprint density at radius 3 is 2.56 bits per heavy atom. The lowest BCUT2D eigenvalue weighted by molar-refractivity contribution is -0.127. The van der Waals surface area contributed by atoms with Gasteiger partial charge in [-0.05, 0) is 59.0 Å². The number of aliphatic imine (C=N–C) groups is 1. The standard InChI is InChI=1S/C18H16IN3O2S/c1-22-17(24)15(11-16(23)20-13-5-3-2-4-6-13)25-18(22)21-14-9-7-12(19)8-10-14/h2-10,15H,11H2,1H3,(H,20,23)/t15-/m0/s1. The molecule has 1 heterocycles. The van der Waals surface area contributed by atoms with Gasteiger partial charge in [-0.3, -0.25) is 14.5 Å². The van der Waals surface area contributed by atoms with Gasteiger partial charge < -0.3 is 5.32 Å². The fourth-order valence-electron chi connectivity index (χ4n) is 2.33. The van der Waals surface area contributed by atoms with Gasteiger partial charge in [0.15, 0.2) is 5.17 Å². The second kappa shape index (κ2) is 8.01. The number of rotatable bonds is 4. The Bertz CT molecular complexity index is 809. The smallest absolute Gasteiger partial charge is 0.242 e. The van der Waals surface area contributed by atoms with E-state index < -0.39 is 5.25 Å². The fraction of sp³-hybridized carbons (Fsp3) is 0.167. The number of nitrogens with one attached hydrogen (secondary N) is 1. The number of hydrogen-bond acceptors (Lipinski definition) is 4. The molecule has 0 spiro atoms. The molecule has 0 saturated carbocycles. The van der Waals surface area contributed by atoms with Crippen LogP contribution in [0.2, 0.25) is 0 Å². The van der Waals surface area contributed by atoms with Crippen molar-refractivity contribution in [2.24, 2.45) is 4.99 Å². The molecular formula is C18H16IN3O2S. The first-order valence-electron chi connectivity index (χ1n) is 7.66. The van der Waals surface area contributed by atoms with Gasteiger partial charge in [-0.25, -0.2) is 4.99 Å². The van der Waals surface area contributed by atoms with Gasteiger partial charge in [0.25, 0.3) is 0 Å². The van der Waals surface area contributed by atoms with Crippen molar-refractivity contribution in [3.63, 3.8) is 0 Å². The number of benzene rings is 2. The highest BCUT2D eigenvalue weighted by Crippen LogP contribution is 2.30. The minimum Gasteiger partial charge on any atom is -0.326 e. The van der Waals surface area contributed by atoms with Crippen molar-refractivity contribution in [2.75, 3.05) is 12.4 Å². The third-order valence-electron chi connectivity index (χ3n) is 3.62. The third-order valence-corrected chi connectivity index (χ3v) is 5.57. The molecule has 0 aliphatic carbocycles. The van der Waals surface area contributed by atoms with E-state index in [1.54, 1.807) is 7.05 Å². The molecule has 1 atom stereocenters. The summed E-state index contributed by atoms with van der Waals surface area (Å²) in [4.78, 5) is 30.6. The van der Waals surface area contributed by atoms with E-state index in [0.717, 1.165) is 14.9 Å². The van der Waals surface area contributed by atoms with Gasteiger partial charge in [-0.1, -0.05) is 30.0 Å². The molecule has 25 heavy (non-hydrogen) atoms. The number of carbonyl (C=O) groups excluding carboxylic acids is 2. The maximum absolute atomic E-state index is 12.4. The normalized spacial score (nSPS) is 18.6. The highest BCUT2D eigenvalue weighted by Gasteiger charge is 2.36. The Morgan fingerprint density at radius 1 is 1.20 bits per heavy atom. The molecule has 2 amide bonds. The van der Waals surface area contributed by atoms with E-state index in [9.17, 15) is 9.59 Å². The quantitative estimate of drug-likeness (QED) is 0.698. The number of para-hydroxylation sites is 1. The molecule has 0 unspecified atom stereocenters. The van der Waals surface area contributed by atoms with Crippen molar-refractivity contribution >= 4 is 62.7 Å². The van der Waals surface area contributed by atoms with Crippen LogP contribution in [0.25, 0.3) is 0 Å². The van der Waals surface area contributed by atoms with Gasteiger partial charge in [0.2, 0.25) is 11.8 Å². The summed E-state index contributed by atoms with van der Waals surface area (Å²) in [6.45, 7) is 0. The summed E-state index contributed by atoms with van der Waals surface area (Å²) in [5.41, 5.74) is 1.51. The Morgan fingerprint density at radius 2 is 1.88 bits per heavy atom. The topological polar surface area (TPSA) is 61.8 Å². The van der Waals surface area contributed by atoms with Crippen LogP contribution in [-0.2, 0) is 9.59 Å². The Hall–Kier alpha value is -1.87. The average molecular weight is 465 g/mol. The highest BCUT2D eigenvalue weighted by molar-refractivity contribution is 14.1. The van der Waals surface area contributed by atoms with Gasteiger partial charge >= 0.3 is 0 Å². The molecule has 1 aliphatic heterocycles. The summed E-state index contributed by atoms with van der Waals surface area (Å²) >= 11 is 3.56. The van der Waals surface area contributed by atoms with Crippen LogP contribution in [0.15, 0.2) is 59.6 Å². The van der Waals surface area contributed by atoms with E-state index in [2.05, 4.69) is 32.9 Å². The molecule has 3 rings (SSSR count). The number of halogens is 1. The zero-order valence-corrected chi connectivity index (χ0v) is 16.5. The molecule has 1 N–H and O–H groups in total. The number of amides is 2. The molecule has 0 bridgehead atoms. The first-order valence-corrected chi connectivity index (χ1v) is 9.62. The van der Waals surface area contributed by atoms with Crippen molar-refractivity contribution in [1.82, 2.24) is 4.90 Å². The maximum Gasteiger partial charge on any atom is 0.242 e. The zero-order valence-electron chi connectivity index (χ0n) is 13.5. The van der Waals surface area contributed by atoms with Gasteiger partial charge in [0, 0.05) is 22.7 Å². The van der Waals surface area contributed by atoms with Gasteiger partial charge in [-0.15, -0.1) is 0 Å². The summed E-state index contributed by atoms with van der Waals surface area (Å²) < 4.78 is 1.13. The highest BCUT2D eigenvalue weighted by atomic mass is 127. The largest absolute Gasteiger partial charge is 0.326 e. The predicted molar refractivity (Wildman–Crippen MR) is 110 cm³/mol. The van der Waals surface area contributed by atoms with Crippen LogP contribution in [0.4, 0.5) is 11.4 Å². The molecule has 7 heteroatoms. The van der Waals surface area contributed by atoms with Crippen molar-refractivity contribution < 1.29 is 9.59 Å². The molecule has 2 aromatic carbocycles. The van der Waals surface area contributed by atoms with E-state index in [1.165, 1.54) is 16.7 Å². The third kappa shape index (κ3) is 4.60. The van der Waals surface area contributed by atoms with Crippen molar-refractivity contribution in [2.45, 2.75) is 11.7 Å². The number of anilines is 1. The average Bonchev–Trinajstić information content (AvgIpc) is 2.86. The number of hydrogen-bond donors (Lipinski definition) is 1. The van der Waals surface area contributed by atoms with Crippen LogP contribution in [0.5, 0.6) is 0 Å². The van der Waals surface area contributed by atoms with Crippen LogP contribution >= 0.6 is 34.4 Å². The van der Waals surface area contributed by atoms with Gasteiger partial charge in [0.05, 0.1) is 5.69 Å². The van der Waals surface area contributed by atoms with Crippen LogP contribution in [-0.4, -0.2) is 34.2 Å². The van der Waals surface area contributed by atoms with Gasteiger partial charge in [-0.2, -0.15) is 0 Å². The van der Waals surface area contributed by atoms with Crippen LogP contribution in [0, 0.1) is 3.57 Å². The molecule has 5 nitrogen and oxygen atoms in total. The molecular weight excluding hydrogens is 449 g/mol. The maximum atomic E-state index is 12.4. The monoisotopic (exact) mass is 465 g/mol. The van der Waals surface area contributed by atoms with Crippen molar-refractivity contribution in [1.29, 1.82) is 0 Å². The Balaban J connectivity index is 1.66. The molecule has 128 valence electrons. The minimum absolute atomic E-state index is 0.0996. The number of nitrogens with zero attached hydrogens (tertiary/aromatic N) is 2. The zero-order chi connectivity index (χ0) is 17.8. The lowest BCUT2D eigenvalue weighted by atomic mass is 10.2. The lowest BCUT2D eigenvalue weighted by Crippen LogP contribution is -2.30. The summed E-state index contributed by atoms with van der Waals surface area (Å²) in [6.07, 6.45) is 0.119. The van der Waals surface area contributed by atoms with E-state index in [4.69, 9.17) is 0 Å². The second-order valence-electron chi connectivity index (χ2n) is 5.49. The van der Waals surface area contributed by atoms with Crippen LogP contribution in [0.3, 0.4) is 0 Å². The number of amidine groups is 1. The number of thioether (sulfide) groups is 1. The van der Waals surface area contributed by atoms with Crippen molar-refractivity contribution in [3.8, 4) is 0 Å². The summed E-state index contributed by atoms with van der Waals surface area (Å²) in [5, 5.41) is 2.98. The van der Waals surface area contributed by atoms with Gasteiger partial charge in [0.1, 0.15) is 5.25 Å². The molecule has 0 radical (unpaired) electrons. The fourth-order valence-corrected chi connectivity index (χ4v) is 3.84. The van der Waals surface area contributed by atoms with E-state index in [-0.39, 0.29) is 18.2 Å². The van der Waals surface area contributed by atoms with E-state index >= 15 is 0 Å². The Kier molecular flexibility index (Phi) is 5.74. The predicted octanol–water partition coefficient (Wildman–Crippen LogP) is 3.88. The second-order valence-corrected chi connectivity index (χ2v) is 7.91. The summed E-state index contributed by atoms with van der Waals surface area (Å²) in [5.74, 6) is -0.279. The first kappa shape index (κ1) is 17.9.